The number of piperidine rings is 1. The molecule has 3 heterocycles. The lowest BCUT2D eigenvalue weighted by molar-refractivity contribution is 0.131. The van der Waals surface area contributed by atoms with Crippen molar-refractivity contribution in [2.24, 2.45) is 5.92 Å². The van der Waals surface area contributed by atoms with Crippen molar-refractivity contribution >= 4 is 0 Å². The second-order valence-corrected chi connectivity index (χ2v) is 9.64. The number of likely N-dealkylation sites (tertiary alicyclic amines) is 1. The van der Waals surface area contributed by atoms with Crippen LogP contribution in [0.2, 0.25) is 0 Å². The molecule has 0 amide bonds. The molecule has 176 valence electrons. The fourth-order valence-corrected chi connectivity index (χ4v) is 5.15. The van der Waals surface area contributed by atoms with Gasteiger partial charge in [-0.15, -0.1) is 0 Å². The van der Waals surface area contributed by atoms with Gasteiger partial charge in [-0.25, -0.2) is 0 Å². The molecule has 0 N–H and O–H groups in total. The summed E-state index contributed by atoms with van der Waals surface area (Å²) in [6.45, 7) is 16.2. The fraction of sp³-hybridized carbons (Fsp3) is 0.500. The summed E-state index contributed by atoms with van der Waals surface area (Å²) in [6.07, 6.45) is 6.40. The quantitative estimate of drug-likeness (QED) is 0.457. The molecule has 0 spiro atoms. The van der Waals surface area contributed by atoms with Crippen LogP contribution in [0.3, 0.4) is 0 Å². The Kier molecular flexibility index (Phi) is 7.94. The van der Waals surface area contributed by atoms with Crippen molar-refractivity contribution in [3.05, 3.63) is 82.4 Å². The molecule has 33 heavy (non-hydrogen) atoms. The van der Waals surface area contributed by atoms with Crippen molar-refractivity contribution in [3.63, 3.8) is 0 Å². The number of pyridine rings is 1. The molecule has 0 bridgehead atoms. The van der Waals surface area contributed by atoms with Crippen LogP contribution in [0.1, 0.15) is 53.4 Å². The van der Waals surface area contributed by atoms with Crippen LogP contribution in [0.4, 0.5) is 0 Å². The molecule has 1 aliphatic heterocycles. The summed E-state index contributed by atoms with van der Waals surface area (Å²) in [5.74, 6) is 0.733. The van der Waals surface area contributed by atoms with E-state index in [9.17, 15) is 0 Å². The molecule has 2 aromatic heterocycles. The zero-order valence-corrected chi connectivity index (χ0v) is 20.8. The Labute approximate surface area is 199 Å². The number of rotatable bonds is 9. The molecule has 3 aromatic rings. The van der Waals surface area contributed by atoms with Gasteiger partial charge in [0, 0.05) is 56.4 Å². The maximum absolute atomic E-state index is 4.76. The van der Waals surface area contributed by atoms with Gasteiger partial charge in [-0.1, -0.05) is 30.3 Å². The number of benzene rings is 1. The van der Waals surface area contributed by atoms with Crippen LogP contribution < -0.4 is 0 Å². The van der Waals surface area contributed by atoms with Crippen molar-refractivity contribution in [1.82, 2.24) is 24.6 Å². The van der Waals surface area contributed by atoms with Gasteiger partial charge >= 0.3 is 0 Å². The van der Waals surface area contributed by atoms with E-state index in [1.807, 2.05) is 18.5 Å². The highest BCUT2D eigenvalue weighted by atomic mass is 15.3. The predicted octanol–water partition coefficient (Wildman–Crippen LogP) is 5.14. The number of aryl methyl sites for hydroxylation is 3. The van der Waals surface area contributed by atoms with Crippen LogP contribution >= 0.6 is 0 Å². The lowest BCUT2D eigenvalue weighted by atomic mass is 9.95. The molecular formula is C28H39N5. The number of nitrogens with zero attached hydrogens (tertiary/aromatic N) is 5. The van der Waals surface area contributed by atoms with E-state index in [1.54, 1.807) is 0 Å². The van der Waals surface area contributed by atoms with Crippen LogP contribution in [0, 0.1) is 26.7 Å². The third kappa shape index (κ3) is 6.10. The highest BCUT2D eigenvalue weighted by Crippen LogP contribution is 2.24. The maximum Gasteiger partial charge on any atom is 0.0641 e. The van der Waals surface area contributed by atoms with Gasteiger partial charge < -0.3 is 0 Å². The number of hydrogen-bond acceptors (Lipinski definition) is 4. The molecule has 1 saturated heterocycles. The van der Waals surface area contributed by atoms with Crippen LogP contribution in [-0.4, -0.2) is 44.2 Å². The van der Waals surface area contributed by atoms with E-state index in [0.717, 1.165) is 38.6 Å². The predicted molar refractivity (Wildman–Crippen MR) is 135 cm³/mol. The first kappa shape index (κ1) is 23.7. The largest absolute Gasteiger partial charge is 0.299 e. The van der Waals surface area contributed by atoms with Gasteiger partial charge in [-0.3, -0.25) is 19.5 Å². The van der Waals surface area contributed by atoms with Crippen molar-refractivity contribution < 1.29 is 0 Å². The van der Waals surface area contributed by atoms with Gasteiger partial charge in [0.05, 0.1) is 5.69 Å². The van der Waals surface area contributed by atoms with Crippen LogP contribution in [0.25, 0.3) is 0 Å². The lowest BCUT2D eigenvalue weighted by Crippen LogP contribution is -2.38. The summed E-state index contributed by atoms with van der Waals surface area (Å²) in [7, 11) is 0. The molecule has 0 aliphatic carbocycles. The molecule has 5 heteroatoms. The average Bonchev–Trinajstić information content (AvgIpc) is 3.10. The van der Waals surface area contributed by atoms with Crippen molar-refractivity contribution in [3.8, 4) is 0 Å². The minimum Gasteiger partial charge on any atom is -0.299 e. The van der Waals surface area contributed by atoms with E-state index in [0.29, 0.717) is 0 Å². The fourth-order valence-electron chi connectivity index (χ4n) is 5.15. The van der Waals surface area contributed by atoms with E-state index in [-0.39, 0.29) is 0 Å². The lowest BCUT2D eigenvalue weighted by Gasteiger charge is -2.35. The molecule has 0 radical (unpaired) electrons. The summed E-state index contributed by atoms with van der Waals surface area (Å²) < 4.78 is 2.14. The molecule has 1 aliphatic rings. The molecule has 4 rings (SSSR count). The zero-order valence-electron chi connectivity index (χ0n) is 20.8. The Bertz CT molecular complexity index is 1020. The van der Waals surface area contributed by atoms with E-state index in [2.05, 4.69) is 77.5 Å². The van der Waals surface area contributed by atoms with Crippen LogP contribution in [-0.2, 0) is 26.2 Å². The summed E-state index contributed by atoms with van der Waals surface area (Å²) in [4.78, 5) is 9.60. The first-order valence-corrected chi connectivity index (χ1v) is 12.4. The van der Waals surface area contributed by atoms with Crippen molar-refractivity contribution in [2.45, 2.75) is 66.7 Å². The Balaban J connectivity index is 1.40. The molecule has 1 aromatic carbocycles. The minimum atomic E-state index is 0.733. The average molecular weight is 446 g/mol. The first-order valence-electron chi connectivity index (χ1n) is 12.4. The molecular weight excluding hydrogens is 406 g/mol. The molecule has 0 saturated carbocycles. The summed E-state index contributed by atoms with van der Waals surface area (Å²) >= 11 is 0. The summed E-state index contributed by atoms with van der Waals surface area (Å²) in [5.41, 5.74) is 8.01. The van der Waals surface area contributed by atoms with Gasteiger partial charge in [0.25, 0.3) is 0 Å². The molecule has 0 unspecified atom stereocenters. The van der Waals surface area contributed by atoms with E-state index in [4.69, 9.17) is 5.10 Å². The third-order valence-electron chi connectivity index (χ3n) is 7.22. The van der Waals surface area contributed by atoms with E-state index >= 15 is 0 Å². The molecule has 1 fully saturated rings. The van der Waals surface area contributed by atoms with E-state index in [1.165, 1.54) is 59.6 Å². The Hall–Kier alpha value is -2.50. The Morgan fingerprint density at radius 1 is 1.00 bits per heavy atom. The summed E-state index contributed by atoms with van der Waals surface area (Å²) in [6, 6.07) is 13.0. The third-order valence-corrected chi connectivity index (χ3v) is 7.22. The van der Waals surface area contributed by atoms with E-state index < -0.39 is 0 Å². The Morgan fingerprint density at radius 2 is 1.79 bits per heavy atom. The molecule has 5 nitrogen and oxygen atoms in total. The maximum atomic E-state index is 4.76. The van der Waals surface area contributed by atoms with Crippen LogP contribution in [0.15, 0.2) is 48.8 Å². The highest BCUT2D eigenvalue weighted by molar-refractivity contribution is 5.26. The van der Waals surface area contributed by atoms with Gasteiger partial charge in [0.2, 0.25) is 0 Å². The standard InChI is InChI=1S/C28H39N5/c1-5-33-24(4)28(23(3)30-33)21-32(19-26-10-8-14-29-17-26)18-25-12-15-31(16-13-25)20-27-11-7-6-9-22(27)2/h6-11,14,17,25H,5,12-13,15-16,18-21H2,1-4H3. The first-order chi connectivity index (χ1) is 16.0. The number of hydrogen-bond donors (Lipinski definition) is 0. The monoisotopic (exact) mass is 445 g/mol. The topological polar surface area (TPSA) is 37.2 Å². The van der Waals surface area contributed by atoms with Gasteiger partial charge in [0.15, 0.2) is 0 Å². The number of aromatic nitrogens is 3. The van der Waals surface area contributed by atoms with Gasteiger partial charge in [0.1, 0.15) is 0 Å². The highest BCUT2D eigenvalue weighted by Gasteiger charge is 2.23. The SMILES string of the molecule is CCn1nc(C)c(CN(Cc2cccnc2)CC2CCN(Cc3ccccc3C)CC2)c1C. The van der Waals surface area contributed by atoms with Crippen LogP contribution in [0.5, 0.6) is 0 Å². The summed E-state index contributed by atoms with van der Waals surface area (Å²) in [5, 5.41) is 4.76. The van der Waals surface area contributed by atoms with Gasteiger partial charge in [-0.05, 0) is 82.3 Å². The minimum absolute atomic E-state index is 0.733. The van der Waals surface area contributed by atoms with Gasteiger partial charge in [-0.2, -0.15) is 5.10 Å². The normalized spacial score (nSPS) is 15.4. The Morgan fingerprint density at radius 3 is 2.45 bits per heavy atom. The second-order valence-electron chi connectivity index (χ2n) is 9.64. The molecule has 0 atom stereocenters. The second kappa shape index (κ2) is 11.1. The van der Waals surface area contributed by atoms with Crippen molar-refractivity contribution in [1.29, 1.82) is 0 Å². The van der Waals surface area contributed by atoms with Crippen molar-refractivity contribution in [2.75, 3.05) is 19.6 Å². The smallest absolute Gasteiger partial charge is 0.0641 e. The zero-order chi connectivity index (χ0) is 23.2.